The maximum Gasteiger partial charge on any atom is 0.0350 e. The summed E-state index contributed by atoms with van der Waals surface area (Å²) in [6.45, 7) is 3.35. The van der Waals surface area contributed by atoms with Gasteiger partial charge in [-0.25, -0.2) is 0 Å². The molecule has 0 aliphatic carbocycles. The van der Waals surface area contributed by atoms with Crippen LogP contribution in [0.3, 0.4) is 0 Å². The Hall–Kier alpha value is -0.890. The molecule has 0 radical (unpaired) electrons. The molecule has 2 heterocycles. The molecule has 1 unspecified atom stereocenters. The van der Waals surface area contributed by atoms with E-state index in [1.807, 2.05) is 12.4 Å². The Bertz CT molecular complexity index is 266. The monoisotopic (exact) mass is 162 g/mol. The molecule has 1 aromatic rings. The van der Waals surface area contributed by atoms with Crippen LogP contribution in [0.5, 0.6) is 0 Å². The summed E-state index contributed by atoms with van der Waals surface area (Å²) < 4.78 is 0. The summed E-state index contributed by atoms with van der Waals surface area (Å²) in [4.78, 5) is 4.16. The zero-order valence-electron chi connectivity index (χ0n) is 7.38. The van der Waals surface area contributed by atoms with E-state index in [0.717, 1.165) is 13.0 Å². The molecular formula is C10H14N2. The highest BCUT2D eigenvalue weighted by molar-refractivity contribution is 5.27. The molecule has 12 heavy (non-hydrogen) atoms. The highest BCUT2D eigenvalue weighted by Gasteiger charge is 2.20. The van der Waals surface area contributed by atoms with Crippen LogP contribution in [0.4, 0.5) is 0 Å². The fourth-order valence-corrected chi connectivity index (χ4v) is 1.63. The molecule has 1 aliphatic rings. The molecule has 0 amide bonds. The van der Waals surface area contributed by atoms with Crippen molar-refractivity contribution in [3.63, 3.8) is 0 Å². The van der Waals surface area contributed by atoms with Crippen molar-refractivity contribution in [1.29, 1.82) is 0 Å². The quantitative estimate of drug-likeness (QED) is 0.715. The number of nitrogens with zero attached hydrogens (tertiary/aromatic N) is 1. The van der Waals surface area contributed by atoms with E-state index in [1.54, 1.807) is 0 Å². The van der Waals surface area contributed by atoms with E-state index in [0.29, 0.717) is 6.04 Å². The minimum Gasteiger partial charge on any atom is -0.310 e. The van der Waals surface area contributed by atoms with Crippen LogP contribution in [-0.4, -0.2) is 11.5 Å². The van der Waals surface area contributed by atoms with Gasteiger partial charge in [0.15, 0.2) is 0 Å². The first kappa shape index (κ1) is 7.74. The minimum atomic E-state index is 0.577. The van der Waals surface area contributed by atoms with Gasteiger partial charge in [0, 0.05) is 18.4 Å². The van der Waals surface area contributed by atoms with Gasteiger partial charge in [-0.3, -0.25) is 4.98 Å². The minimum absolute atomic E-state index is 0.577. The molecule has 64 valence electrons. The summed E-state index contributed by atoms with van der Waals surface area (Å²) in [5.41, 5.74) is 2.83. The molecule has 2 nitrogen and oxygen atoms in total. The van der Waals surface area contributed by atoms with Gasteiger partial charge in [-0.1, -0.05) is 6.92 Å². The van der Waals surface area contributed by atoms with Gasteiger partial charge >= 0.3 is 0 Å². The van der Waals surface area contributed by atoms with Crippen LogP contribution in [0.1, 0.15) is 30.5 Å². The van der Waals surface area contributed by atoms with Crippen LogP contribution in [0, 0.1) is 0 Å². The molecular weight excluding hydrogens is 148 g/mol. The van der Waals surface area contributed by atoms with Crippen molar-refractivity contribution in [2.45, 2.75) is 25.8 Å². The molecule has 0 spiro atoms. The van der Waals surface area contributed by atoms with E-state index in [1.165, 1.54) is 17.5 Å². The van der Waals surface area contributed by atoms with Gasteiger partial charge in [0.05, 0.1) is 0 Å². The Labute approximate surface area is 73.0 Å². The van der Waals surface area contributed by atoms with Crippen LogP contribution in [0.15, 0.2) is 18.5 Å². The number of rotatable bonds is 2. The smallest absolute Gasteiger partial charge is 0.0350 e. The number of hydrogen-bond donors (Lipinski definition) is 1. The average Bonchev–Trinajstić information content (AvgIpc) is 2.02. The van der Waals surface area contributed by atoms with Crippen LogP contribution < -0.4 is 5.32 Å². The molecule has 1 aromatic heterocycles. The largest absolute Gasteiger partial charge is 0.310 e. The summed E-state index contributed by atoms with van der Waals surface area (Å²) >= 11 is 0. The zero-order chi connectivity index (χ0) is 8.39. The maximum atomic E-state index is 4.16. The predicted molar refractivity (Wildman–Crippen MR) is 49.0 cm³/mol. The fraction of sp³-hybridized carbons (Fsp3) is 0.500. The van der Waals surface area contributed by atoms with Crippen molar-refractivity contribution in [1.82, 2.24) is 10.3 Å². The first-order valence-corrected chi connectivity index (χ1v) is 4.58. The highest BCUT2D eigenvalue weighted by atomic mass is 15.0. The third-order valence-corrected chi connectivity index (χ3v) is 2.53. The predicted octanol–water partition coefficient (Wildman–Crippen LogP) is 1.68. The Balaban J connectivity index is 2.27. The molecule has 0 aromatic carbocycles. The summed E-state index contributed by atoms with van der Waals surface area (Å²) in [5.74, 6) is 0. The van der Waals surface area contributed by atoms with E-state index in [2.05, 4.69) is 23.3 Å². The van der Waals surface area contributed by atoms with Gasteiger partial charge < -0.3 is 5.32 Å². The summed E-state index contributed by atoms with van der Waals surface area (Å²) in [5, 5.41) is 3.40. The molecule has 1 aliphatic heterocycles. The molecule has 1 saturated heterocycles. The Kier molecular flexibility index (Phi) is 2.09. The molecule has 2 rings (SSSR count). The fourth-order valence-electron chi connectivity index (χ4n) is 1.63. The Morgan fingerprint density at radius 3 is 3.08 bits per heavy atom. The molecule has 0 bridgehead atoms. The maximum absolute atomic E-state index is 4.16. The number of nitrogens with one attached hydrogen (secondary N) is 1. The van der Waals surface area contributed by atoms with Crippen molar-refractivity contribution >= 4 is 0 Å². The normalized spacial score (nSPS) is 21.9. The van der Waals surface area contributed by atoms with Crippen molar-refractivity contribution in [2.75, 3.05) is 6.54 Å². The van der Waals surface area contributed by atoms with Gasteiger partial charge in [-0.2, -0.15) is 0 Å². The second-order valence-corrected chi connectivity index (χ2v) is 3.22. The molecule has 1 atom stereocenters. The van der Waals surface area contributed by atoms with E-state index in [4.69, 9.17) is 0 Å². The first-order chi connectivity index (χ1) is 5.92. The van der Waals surface area contributed by atoms with E-state index >= 15 is 0 Å². The van der Waals surface area contributed by atoms with Crippen LogP contribution in [-0.2, 0) is 6.42 Å². The molecule has 1 fully saturated rings. The second-order valence-electron chi connectivity index (χ2n) is 3.22. The van der Waals surface area contributed by atoms with Gasteiger partial charge in [0.2, 0.25) is 0 Å². The average molecular weight is 162 g/mol. The van der Waals surface area contributed by atoms with E-state index < -0.39 is 0 Å². The van der Waals surface area contributed by atoms with Gasteiger partial charge in [-0.05, 0) is 36.6 Å². The topological polar surface area (TPSA) is 24.9 Å². The Morgan fingerprint density at radius 1 is 1.67 bits per heavy atom. The first-order valence-electron chi connectivity index (χ1n) is 4.58. The molecule has 1 N–H and O–H groups in total. The number of aromatic nitrogens is 1. The highest BCUT2D eigenvalue weighted by Crippen LogP contribution is 2.25. The van der Waals surface area contributed by atoms with Crippen molar-refractivity contribution in [2.24, 2.45) is 0 Å². The lowest BCUT2D eigenvalue weighted by molar-refractivity contribution is 0.380. The van der Waals surface area contributed by atoms with Gasteiger partial charge in [0.1, 0.15) is 0 Å². The third kappa shape index (κ3) is 1.23. The van der Waals surface area contributed by atoms with Crippen LogP contribution in [0.2, 0.25) is 0 Å². The standard InChI is InChI=1S/C10H14N2/c1-2-8-3-5-11-7-9(8)10-4-6-12-10/h3,5,7,10,12H,2,4,6H2,1H3. The van der Waals surface area contributed by atoms with Gasteiger partial charge in [0.25, 0.3) is 0 Å². The number of aryl methyl sites for hydroxylation is 1. The number of hydrogen-bond acceptors (Lipinski definition) is 2. The zero-order valence-corrected chi connectivity index (χ0v) is 7.38. The van der Waals surface area contributed by atoms with Crippen molar-refractivity contribution in [3.8, 4) is 0 Å². The third-order valence-electron chi connectivity index (χ3n) is 2.53. The van der Waals surface area contributed by atoms with Crippen molar-refractivity contribution in [3.05, 3.63) is 29.6 Å². The SMILES string of the molecule is CCc1ccncc1C1CCN1. The lowest BCUT2D eigenvalue weighted by Gasteiger charge is -2.29. The van der Waals surface area contributed by atoms with Crippen molar-refractivity contribution < 1.29 is 0 Å². The molecule has 0 saturated carbocycles. The summed E-state index contributed by atoms with van der Waals surface area (Å²) in [7, 11) is 0. The lowest BCUT2D eigenvalue weighted by atomic mass is 9.94. The lowest BCUT2D eigenvalue weighted by Crippen LogP contribution is -2.35. The summed E-state index contributed by atoms with van der Waals surface area (Å²) in [6, 6.07) is 2.70. The van der Waals surface area contributed by atoms with Crippen LogP contribution in [0.25, 0.3) is 0 Å². The van der Waals surface area contributed by atoms with E-state index in [9.17, 15) is 0 Å². The Morgan fingerprint density at radius 2 is 2.50 bits per heavy atom. The van der Waals surface area contributed by atoms with Gasteiger partial charge in [-0.15, -0.1) is 0 Å². The summed E-state index contributed by atoms with van der Waals surface area (Å²) in [6.07, 6.45) is 6.24. The van der Waals surface area contributed by atoms with E-state index in [-0.39, 0.29) is 0 Å². The number of pyridine rings is 1. The molecule has 2 heteroatoms. The second kappa shape index (κ2) is 3.23. The van der Waals surface area contributed by atoms with Crippen LogP contribution >= 0.6 is 0 Å².